The molecule has 1 aromatic carbocycles. The van der Waals surface area contributed by atoms with Gasteiger partial charge in [0.05, 0.1) is 5.75 Å². The summed E-state index contributed by atoms with van der Waals surface area (Å²) in [6, 6.07) is 6.04. The molecule has 2 rings (SSSR count). The van der Waals surface area contributed by atoms with Crippen molar-refractivity contribution in [3.63, 3.8) is 0 Å². The van der Waals surface area contributed by atoms with E-state index in [0.717, 1.165) is 31.2 Å². The summed E-state index contributed by atoms with van der Waals surface area (Å²) in [7, 11) is 0. The second-order valence-corrected chi connectivity index (χ2v) is 9.16. The molecule has 0 spiro atoms. The van der Waals surface area contributed by atoms with Crippen LogP contribution >= 0.6 is 34.9 Å². The molecule has 0 radical (unpaired) electrons. The van der Waals surface area contributed by atoms with Crippen LogP contribution in [0.4, 0.5) is 5.69 Å². The monoisotopic (exact) mass is 367 g/mol. The average molecular weight is 368 g/mol. The summed E-state index contributed by atoms with van der Waals surface area (Å²) in [6.45, 7) is 8.37. The topological polar surface area (TPSA) is 54.9 Å². The zero-order valence-corrected chi connectivity index (χ0v) is 16.2. The van der Waals surface area contributed by atoms with E-state index >= 15 is 0 Å². The molecule has 0 atom stereocenters. The Morgan fingerprint density at radius 2 is 1.91 bits per heavy atom. The van der Waals surface area contributed by atoms with Gasteiger partial charge < -0.3 is 5.32 Å². The highest BCUT2D eigenvalue weighted by molar-refractivity contribution is 8.03. The molecule has 0 saturated heterocycles. The van der Waals surface area contributed by atoms with Gasteiger partial charge in [0.25, 0.3) is 0 Å². The van der Waals surface area contributed by atoms with E-state index in [-0.39, 0.29) is 5.91 Å². The van der Waals surface area contributed by atoms with Crippen LogP contribution in [-0.2, 0) is 4.79 Å². The van der Waals surface area contributed by atoms with Crippen molar-refractivity contribution in [2.45, 2.75) is 36.4 Å². The molecule has 4 nitrogen and oxygen atoms in total. The van der Waals surface area contributed by atoms with Gasteiger partial charge in [-0.1, -0.05) is 60.8 Å². The molecule has 0 aliphatic rings. The zero-order valence-electron chi connectivity index (χ0n) is 13.8. The zero-order chi connectivity index (χ0) is 16.8. The molecule has 2 aromatic rings. The summed E-state index contributed by atoms with van der Waals surface area (Å²) in [5, 5.41) is 11.2. The van der Waals surface area contributed by atoms with E-state index in [1.807, 2.05) is 32.0 Å². The lowest BCUT2D eigenvalue weighted by atomic mass is 10.1. The lowest BCUT2D eigenvalue weighted by Crippen LogP contribution is -2.14. The molecule has 0 bridgehead atoms. The number of aromatic nitrogens is 2. The minimum Gasteiger partial charge on any atom is -0.325 e. The van der Waals surface area contributed by atoms with Crippen molar-refractivity contribution in [1.29, 1.82) is 0 Å². The summed E-state index contributed by atoms with van der Waals surface area (Å²) in [5.41, 5.74) is 3.08. The number of nitrogens with zero attached hydrogens (tertiary/aromatic N) is 2. The fourth-order valence-corrected chi connectivity index (χ4v) is 4.53. The molecule has 1 aromatic heterocycles. The van der Waals surface area contributed by atoms with Crippen LogP contribution in [0.3, 0.4) is 0 Å². The molecule has 0 saturated carbocycles. The van der Waals surface area contributed by atoms with Gasteiger partial charge in [-0.3, -0.25) is 4.79 Å². The van der Waals surface area contributed by atoms with Crippen molar-refractivity contribution in [2.75, 3.05) is 16.8 Å². The van der Waals surface area contributed by atoms with E-state index in [1.165, 1.54) is 11.8 Å². The van der Waals surface area contributed by atoms with Crippen LogP contribution in [0.15, 0.2) is 26.9 Å². The van der Waals surface area contributed by atoms with E-state index in [1.54, 1.807) is 23.1 Å². The number of hydrogen-bond donors (Lipinski definition) is 1. The molecule has 0 aliphatic heterocycles. The molecule has 7 heteroatoms. The molecule has 23 heavy (non-hydrogen) atoms. The van der Waals surface area contributed by atoms with Crippen LogP contribution in [0.2, 0.25) is 0 Å². The Morgan fingerprint density at radius 3 is 2.61 bits per heavy atom. The van der Waals surface area contributed by atoms with Gasteiger partial charge in [0, 0.05) is 11.4 Å². The Kier molecular flexibility index (Phi) is 6.92. The number of aryl methyl sites for hydroxylation is 2. The first-order valence-electron chi connectivity index (χ1n) is 7.40. The van der Waals surface area contributed by atoms with Crippen molar-refractivity contribution in [2.24, 2.45) is 5.92 Å². The average Bonchev–Trinajstić information content (AvgIpc) is 2.95. The predicted octanol–water partition coefficient (Wildman–Crippen LogP) is 4.63. The third-order valence-corrected chi connectivity index (χ3v) is 6.54. The van der Waals surface area contributed by atoms with Crippen LogP contribution in [0.25, 0.3) is 0 Å². The molecule has 0 unspecified atom stereocenters. The maximum absolute atomic E-state index is 12.1. The lowest BCUT2D eigenvalue weighted by Gasteiger charge is -2.08. The predicted molar refractivity (Wildman–Crippen MR) is 101 cm³/mol. The number of hydrogen-bond acceptors (Lipinski definition) is 6. The van der Waals surface area contributed by atoms with Crippen LogP contribution in [0.1, 0.15) is 25.0 Å². The van der Waals surface area contributed by atoms with E-state index in [9.17, 15) is 4.79 Å². The van der Waals surface area contributed by atoms with Crippen molar-refractivity contribution in [3.05, 3.63) is 29.3 Å². The van der Waals surface area contributed by atoms with E-state index in [2.05, 4.69) is 29.4 Å². The number of carbonyl (C=O) groups excluding carboxylic acids is 1. The van der Waals surface area contributed by atoms with Gasteiger partial charge in [-0.25, -0.2) is 0 Å². The van der Waals surface area contributed by atoms with Gasteiger partial charge in [-0.05, 0) is 37.0 Å². The molecule has 1 N–H and O–H groups in total. The Bertz CT molecular complexity index is 670. The van der Waals surface area contributed by atoms with Crippen LogP contribution in [-0.4, -0.2) is 27.6 Å². The van der Waals surface area contributed by atoms with Crippen molar-refractivity contribution >= 4 is 46.5 Å². The number of nitrogens with one attached hydrogen (secondary N) is 1. The number of thioether (sulfide) groups is 2. The summed E-state index contributed by atoms with van der Waals surface area (Å²) in [4.78, 5) is 12.1. The molecule has 1 amide bonds. The van der Waals surface area contributed by atoms with Gasteiger partial charge in [-0.2, -0.15) is 0 Å². The molecule has 124 valence electrons. The van der Waals surface area contributed by atoms with Crippen molar-refractivity contribution in [3.8, 4) is 0 Å². The fraction of sp³-hybridized carbons (Fsp3) is 0.438. The highest BCUT2D eigenvalue weighted by Gasteiger charge is 2.10. The van der Waals surface area contributed by atoms with Gasteiger partial charge in [0.15, 0.2) is 8.68 Å². The quantitative estimate of drug-likeness (QED) is 0.723. The molecule has 1 heterocycles. The van der Waals surface area contributed by atoms with Crippen molar-refractivity contribution < 1.29 is 4.79 Å². The third-order valence-electron chi connectivity index (χ3n) is 2.92. The summed E-state index contributed by atoms with van der Waals surface area (Å²) >= 11 is 4.71. The van der Waals surface area contributed by atoms with Gasteiger partial charge >= 0.3 is 0 Å². The van der Waals surface area contributed by atoms with Gasteiger partial charge in [0.2, 0.25) is 5.91 Å². The van der Waals surface area contributed by atoms with Crippen LogP contribution in [0.5, 0.6) is 0 Å². The second-order valence-electron chi connectivity index (χ2n) is 5.69. The molecular weight excluding hydrogens is 346 g/mol. The Labute approximate surface area is 149 Å². The molecular formula is C16H21N3OS3. The van der Waals surface area contributed by atoms with Gasteiger partial charge in [-0.15, -0.1) is 10.2 Å². The first-order chi connectivity index (χ1) is 10.9. The van der Waals surface area contributed by atoms with Gasteiger partial charge in [0.1, 0.15) is 0 Å². The Hall–Kier alpha value is -1.05. The number of benzene rings is 1. The number of rotatable bonds is 7. The van der Waals surface area contributed by atoms with E-state index < -0.39 is 0 Å². The first-order valence-corrected chi connectivity index (χ1v) is 10.2. The number of amides is 1. The van der Waals surface area contributed by atoms with Crippen molar-refractivity contribution in [1.82, 2.24) is 10.2 Å². The number of carbonyl (C=O) groups is 1. The second kappa shape index (κ2) is 8.70. The highest BCUT2D eigenvalue weighted by atomic mass is 32.2. The minimum atomic E-state index is -0.0183. The number of anilines is 1. The molecule has 0 fully saturated rings. The largest absolute Gasteiger partial charge is 0.325 e. The first kappa shape index (κ1) is 18.3. The highest BCUT2D eigenvalue weighted by Crippen LogP contribution is 2.29. The summed E-state index contributed by atoms with van der Waals surface area (Å²) in [5.74, 6) is 1.99. The third kappa shape index (κ3) is 6.16. The molecule has 0 aliphatic carbocycles. The maximum atomic E-state index is 12.1. The van der Waals surface area contributed by atoms with Crippen LogP contribution in [0, 0.1) is 19.8 Å². The Morgan fingerprint density at radius 1 is 1.22 bits per heavy atom. The standard InChI is InChI=1S/C16H21N3OS3/c1-10(2)8-21-15-18-19-16(23-15)22-9-14(20)17-13-7-11(3)5-6-12(13)4/h5-7,10H,8-9H2,1-4H3,(H,17,20). The SMILES string of the molecule is Cc1ccc(C)c(NC(=O)CSc2nnc(SCC(C)C)s2)c1. The summed E-state index contributed by atoms with van der Waals surface area (Å²) in [6.07, 6.45) is 0. The Balaban J connectivity index is 1.83. The van der Waals surface area contributed by atoms with E-state index in [4.69, 9.17) is 0 Å². The smallest absolute Gasteiger partial charge is 0.234 e. The fourth-order valence-electron chi connectivity index (χ4n) is 1.74. The van der Waals surface area contributed by atoms with Crippen LogP contribution < -0.4 is 5.32 Å². The summed E-state index contributed by atoms with van der Waals surface area (Å²) < 4.78 is 1.81. The maximum Gasteiger partial charge on any atom is 0.234 e. The van der Waals surface area contributed by atoms with E-state index in [0.29, 0.717) is 11.7 Å². The minimum absolute atomic E-state index is 0.0183. The normalized spacial score (nSPS) is 11.0. The lowest BCUT2D eigenvalue weighted by molar-refractivity contribution is -0.113.